The number of rotatable bonds is 4. The van der Waals surface area contributed by atoms with Crippen molar-refractivity contribution in [2.75, 3.05) is 0 Å². The minimum absolute atomic E-state index is 0.195. The molecule has 0 aliphatic heterocycles. The number of nitrogens with zero attached hydrogens (tertiary/aromatic N) is 2. The van der Waals surface area contributed by atoms with Gasteiger partial charge in [-0.2, -0.15) is 5.11 Å². The van der Waals surface area contributed by atoms with Crippen LogP contribution in [0.5, 0.6) is 5.75 Å². The molecule has 2 aromatic carbocycles. The SMILES string of the molecule is Oc1ccc(CC2CCCCCCCCCC2)cc1/N=N/c1ccccc1. The molecule has 0 bridgehead atoms. The molecular formula is C24H32N2O. The first-order valence-corrected chi connectivity index (χ1v) is 10.6. The number of phenols is 1. The van der Waals surface area contributed by atoms with Gasteiger partial charge in [0, 0.05) is 0 Å². The summed E-state index contributed by atoms with van der Waals surface area (Å²) in [5.41, 5.74) is 2.62. The largest absolute Gasteiger partial charge is 0.506 e. The molecule has 1 fully saturated rings. The van der Waals surface area contributed by atoms with Crippen LogP contribution >= 0.6 is 0 Å². The van der Waals surface area contributed by atoms with Crippen molar-refractivity contribution in [3.05, 3.63) is 54.1 Å². The van der Waals surface area contributed by atoms with Gasteiger partial charge in [0.2, 0.25) is 0 Å². The minimum atomic E-state index is 0.195. The van der Waals surface area contributed by atoms with E-state index in [1.165, 1.54) is 69.8 Å². The van der Waals surface area contributed by atoms with Crippen LogP contribution in [0, 0.1) is 5.92 Å². The zero-order valence-electron chi connectivity index (χ0n) is 16.3. The molecule has 0 saturated heterocycles. The summed E-state index contributed by atoms with van der Waals surface area (Å²) in [6.07, 6.45) is 14.8. The maximum Gasteiger partial charge on any atom is 0.143 e. The number of benzene rings is 2. The van der Waals surface area contributed by atoms with E-state index in [1.807, 2.05) is 42.5 Å². The van der Waals surface area contributed by atoms with Gasteiger partial charge in [-0.1, -0.05) is 88.5 Å². The number of azo groups is 1. The van der Waals surface area contributed by atoms with Gasteiger partial charge < -0.3 is 5.11 Å². The average molecular weight is 365 g/mol. The predicted octanol–water partition coefficient (Wildman–Crippen LogP) is 7.88. The third kappa shape index (κ3) is 6.82. The molecule has 0 spiro atoms. The van der Waals surface area contributed by atoms with E-state index < -0.39 is 0 Å². The molecule has 3 rings (SSSR count). The van der Waals surface area contributed by atoms with Gasteiger partial charge in [0.15, 0.2) is 0 Å². The molecule has 3 heteroatoms. The first-order valence-electron chi connectivity index (χ1n) is 10.6. The summed E-state index contributed by atoms with van der Waals surface area (Å²) >= 11 is 0. The summed E-state index contributed by atoms with van der Waals surface area (Å²) in [5, 5.41) is 18.7. The van der Waals surface area contributed by atoms with Gasteiger partial charge in [-0.05, 0) is 42.2 Å². The third-order valence-corrected chi connectivity index (χ3v) is 5.57. The van der Waals surface area contributed by atoms with Crippen LogP contribution in [-0.2, 0) is 6.42 Å². The standard InChI is InChI=1S/C24H32N2O/c27-24-17-16-21(19-23(24)26-25-22-14-10-7-11-15-22)18-20-12-8-5-3-1-2-4-6-9-13-20/h7,10-11,14-17,19-20,27H,1-6,8-9,12-13,18H2/b26-25+. The van der Waals surface area contributed by atoms with Crippen LogP contribution in [0.2, 0.25) is 0 Å². The first-order chi connectivity index (χ1) is 13.3. The maximum atomic E-state index is 10.1. The second kappa shape index (κ2) is 10.9. The van der Waals surface area contributed by atoms with Gasteiger partial charge in [0.1, 0.15) is 11.4 Å². The van der Waals surface area contributed by atoms with E-state index in [4.69, 9.17) is 0 Å². The van der Waals surface area contributed by atoms with Crippen molar-refractivity contribution in [1.82, 2.24) is 0 Å². The molecule has 0 radical (unpaired) electrons. The Morgan fingerprint density at radius 3 is 2.04 bits per heavy atom. The van der Waals surface area contributed by atoms with Crippen molar-refractivity contribution in [3.8, 4) is 5.75 Å². The van der Waals surface area contributed by atoms with Crippen LogP contribution in [0.15, 0.2) is 58.8 Å². The fraction of sp³-hybridized carbons (Fsp3) is 0.500. The molecule has 1 aliphatic rings. The van der Waals surface area contributed by atoms with Crippen LogP contribution in [0.1, 0.15) is 69.8 Å². The highest BCUT2D eigenvalue weighted by molar-refractivity contribution is 5.53. The van der Waals surface area contributed by atoms with Crippen molar-refractivity contribution in [3.63, 3.8) is 0 Å². The smallest absolute Gasteiger partial charge is 0.143 e. The Kier molecular flexibility index (Phi) is 7.88. The van der Waals surface area contributed by atoms with Crippen molar-refractivity contribution in [2.24, 2.45) is 16.1 Å². The van der Waals surface area contributed by atoms with Crippen LogP contribution in [-0.4, -0.2) is 5.11 Å². The lowest BCUT2D eigenvalue weighted by molar-refractivity contribution is 0.411. The second-order valence-electron chi connectivity index (χ2n) is 7.83. The summed E-state index contributed by atoms with van der Waals surface area (Å²) in [6, 6.07) is 15.5. The van der Waals surface area contributed by atoms with Gasteiger partial charge in [0.05, 0.1) is 5.69 Å². The first kappa shape index (κ1) is 19.6. The third-order valence-electron chi connectivity index (χ3n) is 5.57. The zero-order valence-corrected chi connectivity index (χ0v) is 16.3. The van der Waals surface area contributed by atoms with E-state index in [0.29, 0.717) is 5.69 Å². The summed E-state index contributed by atoms with van der Waals surface area (Å²) in [4.78, 5) is 0. The van der Waals surface area contributed by atoms with E-state index in [2.05, 4.69) is 10.2 Å². The van der Waals surface area contributed by atoms with Crippen molar-refractivity contribution in [1.29, 1.82) is 0 Å². The van der Waals surface area contributed by atoms with Crippen LogP contribution in [0.25, 0.3) is 0 Å². The van der Waals surface area contributed by atoms with Gasteiger partial charge in [0.25, 0.3) is 0 Å². The van der Waals surface area contributed by atoms with Gasteiger partial charge in [-0.3, -0.25) is 0 Å². The maximum absolute atomic E-state index is 10.1. The number of hydrogen-bond acceptors (Lipinski definition) is 3. The number of hydrogen-bond donors (Lipinski definition) is 1. The van der Waals surface area contributed by atoms with Gasteiger partial charge >= 0.3 is 0 Å². The Morgan fingerprint density at radius 2 is 1.37 bits per heavy atom. The second-order valence-corrected chi connectivity index (χ2v) is 7.83. The lowest BCUT2D eigenvalue weighted by atomic mass is 9.89. The van der Waals surface area contributed by atoms with Crippen molar-refractivity contribution in [2.45, 2.75) is 70.6 Å². The van der Waals surface area contributed by atoms with E-state index in [0.717, 1.165) is 18.0 Å². The molecule has 1 saturated carbocycles. The fourth-order valence-electron chi connectivity index (χ4n) is 3.99. The highest BCUT2D eigenvalue weighted by Crippen LogP contribution is 2.31. The summed E-state index contributed by atoms with van der Waals surface area (Å²) < 4.78 is 0. The molecule has 0 atom stereocenters. The molecule has 27 heavy (non-hydrogen) atoms. The molecule has 1 aliphatic carbocycles. The molecule has 0 aromatic heterocycles. The van der Waals surface area contributed by atoms with Gasteiger partial charge in [-0.15, -0.1) is 5.11 Å². The molecule has 1 N–H and O–H groups in total. The molecule has 0 amide bonds. The quantitative estimate of drug-likeness (QED) is 0.551. The summed E-state index contributed by atoms with van der Waals surface area (Å²) in [5.74, 6) is 0.937. The van der Waals surface area contributed by atoms with E-state index in [9.17, 15) is 5.11 Å². The Balaban J connectivity index is 1.65. The average Bonchev–Trinajstić information content (AvgIpc) is 2.75. The highest BCUT2D eigenvalue weighted by atomic mass is 16.3. The molecule has 0 heterocycles. The Bertz CT molecular complexity index is 700. The minimum Gasteiger partial charge on any atom is -0.506 e. The van der Waals surface area contributed by atoms with Gasteiger partial charge in [-0.25, -0.2) is 0 Å². The Labute approximate surface area is 163 Å². The lowest BCUT2D eigenvalue weighted by Gasteiger charge is -2.17. The lowest BCUT2D eigenvalue weighted by Crippen LogP contribution is -2.05. The normalized spacial score (nSPS) is 17.6. The number of phenolic OH excluding ortho intramolecular Hbond substituents is 1. The van der Waals surface area contributed by atoms with E-state index in [-0.39, 0.29) is 5.75 Å². The van der Waals surface area contributed by atoms with Crippen LogP contribution in [0.3, 0.4) is 0 Å². The number of aromatic hydroxyl groups is 1. The molecule has 3 nitrogen and oxygen atoms in total. The predicted molar refractivity (Wildman–Crippen MR) is 112 cm³/mol. The molecule has 2 aromatic rings. The topological polar surface area (TPSA) is 45.0 Å². The molecule has 0 unspecified atom stereocenters. The Morgan fingerprint density at radius 1 is 0.741 bits per heavy atom. The molecular weight excluding hydrogens is 332 g/mol. The fourth-order valence-corrected chi connectivity index (χ4v) is 3.99. The monoisotopic (exact) mass is 364 g/mol. The van der Waals surface area contributed by atoms with E-state index >= 15 is 0 Å². The summed E-state index contributed by atoms with van der Waals surface area (Å²) in [7, 11) is 0. The van der Waals surface area contributed by atoms with Crippen molar-refractivity contribution < 1.29 is 5.11 Å². The Hall–Kier alpha value is -2.16. The van der Waals surface area contributed by atoms with Crippen LogP contribution in [0.4, 0.5) is 11.4 Å². The zero-order chi connectivity index (χ0) is 18.7. The summed E-state index contributed by atoms with van der Waals surface area (Å²) in [6.45, 7) is 0. The molecule has 144 valence electrons. The van der Waals surface area contributed by atoms with Crippen LogP contribution < -0.4 is 0 Å². The highest BCUT2D eigenvalue weighted by Gasteiger charge is 2.12. The van der Waals surface area contributed by atoms with Crippen molar-refractivity contribution >= 4 is 11.4 Å². The van der Waals surface area contributed by atoms with E-state index in [1.54, 1.807) is 6.07 Å².